The highest BCUT2D eigenvalue weighted by Gasteiger charge is 2.32. The van der Waals surface area contributed by atoms with Crippen LogP contribution in [0.2, 0.25) is 0 Å². The van der Waals surface area contributed by atoms with Crippen molar-refractivity contribution < 1.29 is 17.9 Å². The number of nitrogens with zero attached hydrogens (tertiary/aromatic N) is 2. The summed E-state index contributed by atoms with van der Waals surface area (Å²) < 4.78 is 32.0. The van der Waals surface area contributed by atoms with Crippen molar-refractivity contribution in [3.05, 3.63) is 41.4 Å². The van der Waals surface area contributed by atoms with E-state index in [9.17, 15) is 13.2 Å². The van der Waals surface area contributed by atoms with Crippen LogP contribution in [0.5, 0.6) is 5.88 Å². The number of hydrogen-bond donors (Lipinski definition) is 1. The molecule has 0 aliphatic carbocycles. The number of carbonyl (C=O) groups is 1. The van der Waals surface area contributed by atoms with Crippen LogP contribution in [0.25, 0.3) is 0 Å². The fraction of sp³-hybridized carbons (Fsp3) is 0.412. The number of nitrogens with one attached hydrogen (secondary N) is 1. The number of piperidine rings is 1. The molecule has 1 aliphatic heterocycles. The van der Waals surface area contributed by atoms with E-state index < -0.39 is 10.0 Å². The Morgan fingerprint density at radius 2 is 2.12 bits per heavy atom. The smallest absolute Gasteiger partial charge is 0.252 e. The first-order chi connectivity index (χ1) is 12.5. The highest BCUT2D eigenvalue weighted by molar-refractivity contribution is 7.91. The van der Waals surface area contributed by atoms with Crippen LogP contribution in [0.3, 0.4) is 0 Å². The Bertz CT molecular complexity index is 845. The van der Waals surface area contributed by atoms with Crippen molar-refractivity contribution in [2.75, 3.05) is 20.2 Å². The second-order valence-corrected chi connectivity index (χ2v) is 9.11. The molecule has 7 nitrogen and oxygen atoms in total. The molecule has 1 fully saturated rings. The van der Waals surface area contributed by atoms with Crippen molar-refractivity contribution in [3.8, 4) is 5.88 Å². The fourth-order valence-corrected chi connectivity index (χ4v) is 5.58. The summed E-state index contributed by atoms with van der Waals surface area (Å²) in [6.45, 7) is 1.05. The lowest BCUT2D eigenvalue weighted by molar-refractivity contribution is -0.126. The molecule has 9 heteroatoms. The average molecular weight is 396 g/mol. The summed E-state index contributed by atoms with van der Waals surface area (Å²) in [6.07, 6.45) is 2.66. The molecular weight excluding hydrogens is 374 g/mol. The number of pyridine rings is 1. The Morgan fingerprint density at radius 1 is 1.35 bits per heavy atom. The third-order valence-corrected chi connectivity index (χ3v) is 7.68. The molecule has 2 aromatic heterocycles. The van der Waals surface area contributed by atoms with Crippen molar-refractivity contribution in [1.29, 1.82) is 0 Å². The van der Waals surface area contributed by atoms with E-state index >= 15 is 0 Å². The Labute approximate surface area is 157 Å². The molecule has 3 heterocycles. The molecule has 3 rings (SSSR count). The first-order valence-corrected chi connectivity index (χ1v) is 10.6. The average Bonchev–Trinajstić information content (AvgIpc) is 3.22. The molecule has 1 N–H and O–H groups in total. The van der Waals surface area contributed by atoms with E-state index in [1.165, 1.54) is 22.8 Å². The number of methoxy groups -OCH3 is 1. The first kappa shape index (κ1) is 18.8. The van der Waals surface area contributed by atoms with Crippen LogP contribution in [0.4, 0.5) is 0 Å². The number of thiophene rings is 1. The number of carbonyl (C=O) groups excluding carboxylic acids is 1. The Kier molecular flexibility index (Phi) is 5.90. The quantitative estimate of drug-likeness (QED) is 0.807. The standard InChI is InChI=1S/C17H21N3O4S2/c1-24-17-14(4-2-8-18-17)12-19-16(21)13-6-9-20(10-7-13)26(22,23)15-5-3-11-25-15/h2-5,8,11,13H,6-7,9-10,12H2,1H3,(H,19,21). The van der Waals surface area contributed by atoms with Gasteiger partial charge in [-0.2, -0.15) is 4.31 Å². The lowest BCUT2D eigenvalue weighted by Gasteiger charge is -2.30. The van der Waals surface area contributed by atoms with Crippen molar-refractivity contribution in [2.24, 2.45) is 5.92 Å². The predicted octanol–water partition coefficient (Wildman–Crippen LogP) is 1.87. The lowest BCUT2D eigenvalue weighted by atomic mass is 9.97. The van der Waals surface area contributed by atoms with Crippen molar-refractivity contribution in [1.82, 2.24) is 14.6 Å². The molecule has 26 heavy (non-hydrogen) atoms. The molecule has 1 amide bonds. The van der Waals surface area contributed by atoms with Gasteiger partial charge in [0.1, 0.15) is 4.21 Å². The van der Waals surface area contributed by atoms with Gasteiger partial charge in [0.05, 0.1) is 7.11 Å². The molecule has 0 atom stereocenters. The zero-order valence-corrected chi connectivity index (χ0v) is 16.1. The zero-order chi connectivity index (χ0) is 18.6. The fourth-order valence-electron chi connectivity index (χ4n) is 2.96. The van der Waals surface area contributed by atoms with E-state index in [0.717, 1.165) is 5.56 Å². The molecule has 2 aromatic rings. The molecule has 0 unspecified atom stereocenters. The van der Waals surface area contributed by atoms with E-state index in [1.807, 2.05) is 6.07 Å². The summed E-state index contributed by atoms with van der Waals surface area (Å²) in [5.41, 5.74) is 0.807. The third-order valence-electron chi connectivity index (χ3n) is 4.41. The van der Waals surface area contributed by atoms with Gasteiger partial charge in [0.2, 0.25) is 11.8 Å². The molecule has 0 spiro atoms. The number of aromatic nitrogens is 1. The van der Waals surface area contributed by atoms with Crippen LogP contribution in [0, 0.1) is 5.92 Å². The maximum Gasteiger partial charge on any atom is 0.252 e. The number of rotatable bonds is 6. The molecule has 0 saturated carbocycles. The van der Waals surface area contributed by atoms with Gasteiger partial charge in [-0.25, -0.2) is 13.4 Å². The van der Waals surface area contributed by atoms with E-state index in [1.54, 1.807) is 29.8 Å². The maximum absolute atomic E-state index is 12.5. The van der Waals surface area contributed by atoms with E-state index in [4.69, 9.17) is 4.74 Å². The molecule has 0 aromatic carbocycles. The van der Waals surface area contributed by atoms with Gasteiger partial charge in [0, 0.05) is 37.3 Å². The highest BCUT2D eigenvalue weighted by atomic mass is 32.2. The van der Waals surface area contributed by atoms with Gasteiger partial charge in [-0.3, -0.25) is 4.79 Å². The summed E-state index contributed by atoms with van der Waals surface area (Å²) in [6, 6.07) is 6.98. The molecule has 1 aliphatic rings. The van der Waals surface area contributed by atoms with Gasteiger partial charge in [-0.05, 0) is 30.4 Å². The Balaban J connectivity index is 1.54. The third kappa shape index (κ3) is 4.05. The van der Waals surface area contributed by atoms with Gasteiger partial charge >= 0.3 is 0 Å². The second kappa shape index (κ2) is 8.15. The topological polar surface area (TPSA) is 88.6 Å². The summed E-state index contributed by atoms with van der Waals surface area (Å²) in [5, 5.41) is 4.65. The van der Waals surface area contributed by atoms with Crippen LogP contribution < -0.4 is 10.1 Å². The summed E-state index contributed by atoms with van der Waals surface area (Å²) in [7, 11) is -1.90. The number of ether oxygens (including phenoxy) is 1. The normalized spacial score (nSPS) is 16.3. The molecule has 0 radical (unpaired) electrons. The minimum Gasteiger partial charge on any atom is -0.481 e. The van der Waals surface area contributed by atoms with Crippen LogP contribution in [-0.2, 0) is 21.4 Å². The Morgan fingerprint density at radius 3 is 2.77 bits per heavy atom. The Hall–Kier alpha value is -1.97. The summed E-state index contributed by atoms with van der Waals surface area (Å²) in [4.78, 5) is 16.5. The van der Waals surface area contributed by atoms with Crippen molar-refractivity contribution in [2.45, 2.75) is 23.6 Å². The molecule has 0 bridgehead atoms. The van der Waals surface area contributed by atoms with Crippen LogP contribution in [0.1, 0.15) is 18.4 Å². The number of sulfonamides is 1. The van der Waals surface area contributed by atoms with Crippen LogP contribution in [-0.4, -0.2) is 43.8 Å². The summed E-state index contributed by atoms with van der Waals surface area (Å²) >= 11 is 1.21. The number of hydrogen-bond acceptors (Lipinski definition) is 6. The monoisotopic (exact) mass is 395 g/mol. The van der Waals surface area contributed by atoms with E-state index in [2.05, 4.69) is 10.3 Å². The van der Waals surface area contributed by atoms with Crippen molar-refractivity contribution >= 4 is 27.3 Å². The molecule has 1 saturated heterocycles. The first-order valence-electron chi connectivity index (χ1n) is 8.31. The minimum atomic E-state index is -3.44. The van der Waals surface area contributed by atoms with Gasteiger partial charge < -0.3 is 10.1 Å². The van der Waals surface area contributed by atoms with Crippen LogP contribution >= 0.6 is 11.3 Å². The minimum absolute atomic E-state index is 0.0657. The second-order valence-electron chi connectivity index (χ2n) is 6.00. The van der Waals surface area contributed by atoms with E-state index in [-0.39, 0.29) is 11.8 Å². The van der Waals surface area contributed by atoms with Crippen molar-refractivity contribution in [3.63, 3.8) is 0 Å². The predicted molar refractivity (Wildman–Crippen MR) is 98.4 cm³/mol. The molecular formula is C17H21N3O4S2. The van der Waals surface area contributed by atoms with Gasteiger partial charge in [0.15, 0.2) is 0 Å². The highest BCUT2D eigenvalue weighted by Crippen LogP contribution is 2.26. The largest absolute Gasteiger partial charge is 0.481 e. The SMILES string of the molecule is COc1ncccc1CNC(=O)C1CCN(S(=O)(=O)c2cccs2)CC1. The zero-order valence-electron chi connectivity index (χ0n) is 14.4. The maximum atomic E-state index is 12.5. The van der Waals surface area contributed by atoms with Gasteiger partial charge in [-0.1, -0.05) is 12.1 Å². The molecule has 140 valence electrons. The summed E-state index contributed by atoms with van der Waals surface area (Å²) in [5.74, 6) is 0.237. The van der Waals surface area contributed by atoms with Crippen LogP contribution in [0.15, 0.2) is 40.1 Å². The number of amides is 1. The van der Waals surface area contributed by atoms with E-state index in [0.29, 0.717) is 42.6 Å². The lowest BCUT2D eigenvalue weighted by Crippen LogP contribution is -2.42. The van der Waals surface area contributed by atoms with Gasteiger partial charge in [0.25, 0.3) is 10.0 Å². The van der Waals surface area contributed by atoms with Gasteiger partial charge in [-0.15, -0.1) is 11.3 Å².